The summed E-state index contributed by atoms with van der Waals surface area (Å²) in [5, 5.41) is 18.3. The van der Waals surface area contributed by atoms with Gasteiger partial charge < -0.3 is 10.2 Å². The summed E-state index contributed by atoms with van der Waals surface area (Å²) in [5.41, 5.74) is 0.149. The zero-order valence-corrected chi connectivity index (χ0v) is 10.3. The maximum absolute atomic E-state index is 11.2. The first-order chi connectivity index (χ1) is 8.52. The average molecular weight is 284 g/mol. The zero-order chi connectivity index (χ0) is 13.3. The van der Waals surface area contributed by atoms with Crippen molar-refractivity contribution in [2.24, 2.45) is 0 Å². The highest BCUT2D eigenvalue weighted by Crippen LogP contribution is 2.33. The summed E-state index contributed by atoms with van der Waals surface area (Å²) in [5.74, 6) is -2.65. The number of aromatic nitrogens is 1. The van der Waals surface area contributed by atoms with Crippen LogP contribution < -0.4 is 0 Å². The number of aromatic carboxylic acids is 2. The zero-order valence-electron chi connectivity index (χ0n) is 8.75. The van der Waals surface area contributed by atoms with E-state index in [0.717, 1.165) is 0 Å². The first-order valence-corrected chi connectivity index (χ1v) is 5.88. The lowest BCUT2D eigenvalue weighted by atomic mass is 10.1. The van der Waals surface area contributed by atoms with Gasteiger partial charge in [0.15, 0.2) is 0 Å². The summed E-state index contributed by atoms with van der Waals surface area (Å²) in [6.45, 7) is 0. The van der Waals surface area contributed by atoms with Gasteiger partial charge in [-0.05, 0) is 17.6 Å². The molecule has 7 heteroatoms. The van der Waals surface area contributed by atoms with Gasteiger partial charge in [0.1, 0.15) is 16.1 Å². The molecule has 5 nitrogen and oxygen atoms in total. The molecule has 0 atom stereocenters. The molecule has 0 saturated carbocycles. The van der Waals surface area contributed by atoms with Crippen LogP contribution >= 0.6 is 23.1 Å². The molecule has 18 heavy (non-hydrogen) atoms. The topological polar surface area (TPSA) is 87.5 Å². The molecule has 0 unspecified atom stereocenters. The van der Waals surface area contributed by atoms with Crippen molar-refractivity contribution in [1.82, 2.24) is 4.37 Å². The Morgan fingerprint density at radius 2 is 1.83 bits per heavy atom. The second kappa shape index (κ2) is 4.75. The van der Waals surface area contributed by atoms with Gasteiger partial charge in [-0.3, -0.25) is 0 Å². The van der Waals surface area contributed by atoms with Gasteiger partial charge in [-0.2, -0.15) is 4.37 Å². The van der Waals surface area contributed by atoms with Gasteiger partial charge in [0.25, 0.3) is 0 Å². The molecule has 0 radical (unpaired) electrons. The Morgan fingerprint density at radius 1 is 1.17 bits per heavy atom. The van der Waals surface area contributed by atoms with E-state index < -0.39 is 11.9 Å². The molecule has 0 aliphatic carbocycles. The lowest BCUT2D eigenvalue weighted by Crippen LogP contribution is -2.05. The maximum Gasteiger partial charge on any atom is 0.348 e. The van der Waals surface area contributed by atoms with Crippen LogP contribution in [0.15, 0.2) is 24.3 Å². The van der Waals surface area contributed by atoms with Crippen molar-refractivity contribution < 1.29 is 19.8 Å². The predicted molar refractivity (Wildman–Crippen MR) is 66.5 cm³/mol. The number of rotatable bonds is 3. The van der Waals surface area contributed by atoms with Gasteiger partial charge in [0, 0.05) is 5.56 Å². The molecule has 0 aliphatic rings. The molecule has 1 aromatic heterocycles. The summed E-state index contributed by atoms with van der Waals surface area (Å²) in [4.78, 5) is 21.8. The second-order valence-corrected chi connectivity index (χ2v) is 4.51. The van der Waals surface area contributed by atoms with E-state index in [1.54, 1.807) is 24.3 Å². The van der Waals surface area contributed by atoms with Crippen LogP contribution in [0.25, 0.3) is 11.3 Å². The molecule has 92 valence electrons. The number of halogens is 1. The number of carboxylic acid groups (broad SMARTS) is 2. The van der Waals surface area contributed by atoms with Crippen LogP contribution in [0.1, 0.15) is 20.0 Å². The van der Waals surface area contributed by atoms with Crippen LogP contribution in [-0.2, 0) is 0 Å². The van der Waals surface area contributed by atoms with Crippen molar-refractivity contribution in [2.45, 2.75) is 0 Å². The van der Waals surface area contributed by atoms with Crippen LogP contribution in [0.5, 0.6) is 0 Å². The summed E-state index contributed by atoms with van der Waals surface area (Å²) in [6, 6.07) is 6.54. The Bertz CT molecular complexity index is 638. The van der Waals surface area contributed by atoms with E-state index in [2.05, 4.69) is 4.37 Å². The minimum absolute atomic E-state index is 0.0792. The monoisotopic (exact) mass is 283 g/mol. The molecular weight excluding hydrogens is 278 g/mol. The highest BCUT2D eigenvalue weighted by atomic mass is 35.5. The smallest absolute Gasteiger partial charge is 0.348 e. The number of hydrogen-bond donors (Lipinski definition) is 2. The van der Waals surface area contributed by atoms with Crippen molar-refractivity contribution in [3.63, 3.8) is 0 Å². The maximum atomic E-state index is 11.2. The summed E-state index contributed by atoms with van der Waals surface area (Å²) in [6.07, 6.45) is 0. The molecule has 0 fully saturated rings. The summed E-state index contributed by atoms with van der Waals surface area (Å²) in [7, 11) is 0. The largest absolute Gasteiger partial charge is 0.478 e. The van der Waals surface area contributed by atoms with Gasteiger partial charge in [-0.1, -0.05) is 29.8 Å². The van der Waals surface area contributed by atoms with Crippen LogP contribution in [-0.4, -0.2) is 26.5 Å². The van der Waals surface area contributed by atoms with Crippen molar-refractivity contribution in [1.29, 1.82) is 0 Å². The Morgan fingerprint density at radius 3 is 2.39 bits per heavy atom. The molecule has 1 aromatic carbocycles. The molecule has 0 aliphatic heterocycles. The van der Waals surface area contributed by atoms with E-state index in [1.807, 2.05) is 0 Å². The van der Waals surface area contributed by atoms with Crippen molar-refractivity contribution >= 4 is 35.1 Å². The number of nitrogens with zero attached hydrogens (tertiary/aromatic N) is 1. The molecule has 0 bridgehead atoms. The van der Waals surface area contributed by atoms with E-state index in [9.17, 15) is 9.59 Å². The third-order valence-electron chi connectivity index (χ3n) is 2.23. The molecule has 0 saturated heterocycles. The molecule has 2 rings (SSSR count). The fraction of sp³-hybridized carbons (Fsp3) is 0. The van der Waals surface area contributed by atoms with Crippen molar-refractivity contribution in [3.05, 3.63) is 39.7 Å². The van der Waals surface area contributed by atoms with E-state index in [0.29, 0.717) is 22.1 Å². The number of hydrogen-bond acceptors (Lipinski definition) is 4. The van der Waals surface area contributed by atoms with Gasteiger partial charge in [0.05, 0.1) is 5.02 Å². The quantitative estimate of drug-likeness (QED) is 0.904. The van der Waals surface area contributed by atoms with E-state index in [-0.39, 0.29) is 16.1 Å². The van der Waals surface area contributed by atoms with Gasteiger partial charge in [-0.25, -0.2) is 9.59 Å². The summed E-state index contributed by atoms with van der Waals surface area (Å²) >= 11 is 6.58. The molecule has 0 amide bonds. The van der Waals surface area contributed by atoms with Gasteiger partial charge in [0.2, 0.25) is 0 Å². The molecule has 2 aromatic rings. The minimum atomic E-state index is -1.34. The average Bonchev–Trinajstić information content (AvgIpc) is 2.74. The molecular formula is C11H6ClNO4S. The minimum Gasteiger partial charge on any atom is -0.478 e. The van der Waals surface area contributed by atoms with Crippen molar-refractivity contribution in [2.75, 3.05) is 0 Å². The second-order valence-electron chi connectivity index (χ2n) is 3.33. The Hall–Kier alpha value is -1.92. The highest BCUT2D eigenvalue weighted by molar-refractivity contribution is 7.08. The SMILES string of the molecule is O=C(O)c1snc(-c2ccccc2Cl)c1C(=O)O. The first-order valence-electron chi connectivity index (χ1n) is 4.73. The number of benzene rings is 1. The normalized spacial score (nSPS) is 10.3. The standard InChI is InChI=1S/C11H6ClNO4S/c12-6-4-2-1-3-5(6)8-7(10(14)15)9(11(16)17)18-13-8/h1-4H,(H,14,15)(H,16,17). The van der Waals surface area contributed by atoms with Crippen molar-refractivity contribution in [3.8, 4) is 11.3 Å². The van der Waals surface area contributed by atoms with Gasteiger partial charge >= 0.3 is 11.9 Å². The van der Waals surface area contributed by atoms with Gasteiger partial charge in [-0.15, -0.1) is 0 Å². The Kier molecular flexibility index (Phi) is 3.31. The van der Waals surface area contributed by atoms with E-state index >= 15 is 0 Å². The third-order valence-corrected chi connectivity index (χ3v) is 3.39. The predicted octanol–water partition coefficient (Wildman–Crippen LogP) is 2.86. The fourth-order valence-corrected chi connectivity index (χ4v) is 2.42. The van der Waals surface area contributed by atoms with Crippen LogP contribution in [0.3, 0.4) is 0 Å². The van der Waals surface area contributed by atoms with Crippen LogP contribution in [0.2, 0.25) is 5.02 Å². The van der Waals surface area contributed by atoms with Crippen LogP contribution in [0, 0.1) is 0 Å². The van der Waals surface area contributed by atoms with E-state index in [4.69, 9.17) is 21.8 Å². The first kappa shape index (κ1) is 12.5. The third kappa shape index (κ3) is 2.07. The number of carboxylic acids is 2. The fourth-order valence-electron chi connectivity index (χ4n) is 1.47. The summed E-state index contributed by atoms with van der Waals surface area (Å²) < 4.78 is 3.89. The van der Waals surface area contributed by atoms with E-state index in [1.165, 1.54) is 0 Å². The Balaban J connectivity index is 2.70. The molecule has 1 heterocycles. The molecule has 0 spiro atoms. The lowest BCUT2D eigenvalue weighted by molar-refractivity contribution is 0.0656. The Labute approximate surface area is 110 Å². The highest BCUT2D eigenvalue weighted by Gasteiger charge is 2.26. The number of carbonyl (C=O) groups is 2. The van der Waals surface area contributed by atoms with Crippen LogP contribution in [0.4, 0.5) is 0 Å². The lowest BCUT2D eigenvalue weighted by Gasteiger charge is -2.02. The molecule has 2 N–H and O–H groups in total.